The first kappa shape index (κ1) is 12.9. The standard InChI is InChI=1S/C11H14BrNO3S/c12-10-7-8(13)1-2-11(10)17(14,15)9-3-5-16-6-4-9/h1-2,7,9H,3-6,13H2. The Labute approximate surface area is 109 Å². The maximum absolute atomic E-state index is 12.4. The molecule has 1 aliphatic rings. The van der Waals surface area contributed by atoms with E-state index < -0.39 is 9.84 Å². The summed E-state index contributed by atoms with van der Waals surface area (Å²) in [5.74, 6) is 0. The third kappa shape index (κ3) is 2.64. The van der Waals surface area contributed by atoms with Gasteiger partial charge in [-0.15, -0.1) is 0 Å². The molecule has 1 aromatic rings. The summed E-state index contributed by atoms with van der Waals surface area (Å²) < 4.78 is 30.5. The van der Waals surface area contributed by atoms with Gasteiger partial charge in [-0.3, -0.25) is 0 Å². The van der Waals surface area contributed by atoms with Crippen molar-refractivity contribution < 1.29 is 13.2 Å². The number of rotatable bonds is 2. The summed E-state index contributed by atoms with van der Waals surface area (Å²) in [6.07, 6.45) is 1.11. The van der Waals surface area contributed by atoms with Crippen LogP contribution in [0.1, 0.15) is 12.8 Å². The lowest BCUT2D eigenvalue weighted by molar-refractivity contribution is 0.0983. The normalized spacial score (nSPS) is 18.2. The Balaban J connectivity index is 2.37. The van der Waals surface area contributed by atoms with Crippen LogP contribution in [0.3, 0.4) is 0 Å². The monoisotopic (exact) mass is 319 g/mol. The summed E-state index contributed by atoms with van der Waals surface area (Å²) in [7, 11) is -3.29. The van der Waals surface area contributed by atoms with E-state index in [2.05, 4.69) is 15.9 Å². The van der Waals surface area contributed by atoms with Gasteiger partial charge in [0.25, 0.3) is 0 Å². The molecule has 0 bridgehead atoms. The van der Waals surface area contributed by atoms with Crippen LogP contribution in [0.15, 0.2) is 27.6 Å². The van der Waals surface area contributed by atoms with Crippen molar-refractivity contribution in [3.63, 3.8) is 0 Å². The molecule has 0 spiro atoms. The lowest BCUT2D eigenvalue weighted by Gasteiger charge is -2.22. The van der Waals surface area contributed by atoms with Gasteiger partial charge in [-0.1, -0.05) is 0 Å². The molecule has 0 atom stereocenters. The number of halogens is 1. The Morgan fingerprint density at radius 3 is 2.53 bits per heavy atom. The van der Waals surface area contributed by atoms with Gasteiger partial charge in [0, 0.05) is 23.4 Å². The van der Waals surface area contributed by atoms with Crippen LogP contribution in [0.25, 0.3) is 0 Å². The third-order valence-corrected chi connectivity index (χ3v) is 6.11. The summed E-state index contributed by atoms with van der Waals surface area (Å²) >= 11 is 3.26. The van der Waals surface area contributed by atoms with Gasteiger partial charge in [0.2, 0.25) is 0 Å². The molecular formula is C11H14BrNO3S. The molecule has 0 radical (unpaired) electrons. The molecule has 1 saturated heterocycles. The smallest absolute Gasteiger partial charge is 0.182 e. The van der Waals surface area contributed by atoms with Gasteiger partial charge >= 0.3 is 0 Å². The first-order valence-corrected chi connectivity index (χ1v) is 7.72. The molecule has 1 fully saturated rings. The summed E-state index contributed by atoms with van der Waals surface area (Å²) in [6, 6.07) is 4.79. The van der Waals surface area contributed by atoms with Crippen LogP contribution in [0.4, 0.5) is 5.69 Å². The van der Waals surface area contributed by atoms with E-state index in [0.29, 0.717) is 41.1 Å². The molecule has 0 aliphatic carbocycles. The number of nitrogens with two attached hydrogens (primary N) is 1. The summed E-state index contributed by atoms with van der Waals surface area (Å²) in [6.45, 7) is 1.02. The molecule has 2 rings (SSSR count). The van der Waals surface area contributed by atoms with Crippen LogP contribution in [0.2, 0.25) is 0 Å². The third-order valence-electron chi connectivity index (χ3n) is 2.87. The van der Waals surface area contributed by atoms with Gasteiger partial charge in [0.1, 0.15) is 0 Å². The molecule has 1 aromatic carbocycles. The predicted octanol–water partition coefficient (Wildman–Crippen LogP) is 1.98. The Kier molecular flexibility index (Phi) is 3.75. The minimum absolute atomic E-state index is 0.318. The van der Waals surface area contributed by atoms with Crippen molar-refractivity contribution in [1.29, 1.82) is 0 Å². The molecule has 6 heteroatoms. The largest absolute Gasteiger partial charge is 0.399 e. The maximum atomic E-state index is 12.4. The Morgan fingerprint density at radius 1 is 1.29 bits per heavy atom. The fourth-order valence-electron chi connectivity index (χ4n) is 1.91. The number of ether oxygens (including phenoxy) is 1. The minimum Gasteiger partial charge on any atom is -0.399 e. The van der Waals surface area contributed by atoms with Gasteiger partial charge in [0.05, 0.1) is 10.1 Å². The highest BCUT2D eigenvalue weighted by atomic mass is 79.9. The number of hydrogen-bond donors (Lipinski definition) is 1. The molecule has 1 aliphatic heterocycles. The van der Waals surface area contributed by atoms with E-state index in [1.54, 1.807) is 18.2 Å². The van der Waals surface area contributed by atoms with E-state index in [1.807, 2.05) is 0 Å². The maximum Gasteiger partial charge on any atom is 0.182 e. The van der Waals surface area contributed by atoms with Crippen LogP contribution in [0.5, 0.6) is 0 Å². The zero-order valence-electron chi connectivity index (χ0n) is 9.23. The average molecular weight is 320 g/mol. The van der Waals surface area contributed by atoms with Gasteiger partial charge < -0.3 is 10.5 Å². The molecule has 0 unspecified atom stereocenters. The van der Waals surface area contributed by atoms with Crippen LogP contribution in [0, 0.1) is 0 Å². The Morgan fingerprint density at radius 2 is 1.94 bits per heavy atom. The summed E-state index contributed by atoms with van der Waals surface area (Å²) in [5, 5.41) is -0.351. The second-order valence-corrected chi connectivity index (χ2v) is 7.10. The van der Waals surface area contributed by atoms with E-state index in [-0.39, 0.29) is 5.25 Å². The zero-order valence-corrected chi connectivity index (χ0v) is 11.6. The molecular weight excluding hydrogens is 306 g/mol. The van der Waals surface area contributed by atoms with Gasteiger partial charge in [-0.2, -0.15) is 0 Å². The lowest BCUT2D eigenvalue weighted by atomic mass is 10.2. The van der Waals surface area contributed by atoms with E-state index in [0.717, 1.165) is 0 Å². The Hall–Kier alpha value is -0.590. The molecule has 4 nitrogen and oxygen atoms in total. The molecule has 1 heterocycles. The van der Waals surface area contributed by atoms with Crippen molar-refractivity contribution in [3.8, 4) is 0 Å². The van der Waals surface area contributed by atoms with Crippen LogP contribution in [-0.2, 0) is 14.6 Å². The molecule has 0 amide bonds. The average Bonchev–Trinajstić information content (AvgIpc) is 2.29. The van der Waals surface area contributed by atoms with Gasteiger partial charge in [-0.25, -0.2) is 8.42 Å². The topological polar surface area (TPSA) is 69.4 Å². The van der Waals surface area contributed by atoms with Crippen LogP contribution in [-0.4, -0.2) is 26.9 Å². The zero-order chi connectivity index (χ0) is 12.5. The van der Waals surface area contributed by atoms with Crippen LogP contribution < -0.4 is 5.73 Å². The Bertz CT molecular complexity index is 509. The van der Waals surface area contributed by atoms with E-state index in [4.69, 9.17) is 10.5 Å². The van der Waals surface area contributed by atoms with Crippen LogP contribution >= 0.6 is 15.9 Å². The predicted molar refractivity (Wildman–Crippen MR) is 69.6 cm³/mol. The number of sulfone groups is 1. The van der Waals surface area contributed by atoms with Gasteiger partial charge in [-0.05, 0) is 47.0 Å². The highest BCUT2D eigenvalue weighted by molar-refractivity contribution is 9.10. The molecule has 2 N–H and O–H groups in total. The highest BCUT2D eigenvalue weighted by Crippen LogP contribution is 2.30. The van der Waals surface area contributed by atoms with Crippen molar-refractivity contribution in [2.75, 3.05) is 18.9 Å². The van der Waals surface area contributed by atoms with Crippen molar-refractivity contribution in [2.24, 2.45) is 0 Å². The molecule has 0 saturated carbocycles. The SMILES string of the molecule is Nc1ccc(S(=O)(=O)C2CCOCC2)c(Br)c1. The summed E-state index contributed by atoms with van der Waals surface area (Å²) in [4.78, 5) is 0.318. The number of benzene rings is 1. The molecule has 17 heavy (non-hydrogen) atoms. The van der Waals surface area contributed by atoms with Gasteiger partial charge in [0.15, 0.2) is 9.84 Å². The number of nitrogen functional groups attached to an aromatic ring is 1. The highest BCUT2D eigenvalue weighted by Gasteiger charge is 2.30. The van der Waals surface area contributed by atoms with E-state index in [1.165, 1.54) is 0 Å². The van der Waals surface area contributed by atoms with E-state index >= 15 is 0 Å². The first-order valence-electron chi connectivity index (χ1n) is 5.38. The number of hydrogen-bond acceptors (Lipinski definition) is 4. The fourth-order valence-corrected chi connectivity index (χ4v) is 4.75. The van der Waals surface area contributed by atoms with Crippen molar-refractivity contribution >= 4 is 31.5 Å². The second-order valence-electron chi connectivity index (χ2n) is 4.05. The fraction of sp³-hybridized carbons (Fsp3) is 0.455. The van der Waals surface area contributed by atoms with Crippen molar-refractivity contribution in [1.82, 2.24) is 0 Å². The molecule has 94 valence electrons. The van der Waals surface area contributed by atoms with E-state index in [9.17, 15) is 8.42 Å². The number of anilines is 1. The lowest BCUT2D eigenvalue weighted by Crippen LogP contribution is -2.29. The quantitative estimate of drug-likeness (QED) is 0.846. The van der Waals surface area contributed by atoms with Crippen molar-refractivity contribution in [3.05, 3.63) is 22.7 Å². The minimum atomic E-state index is -3.29. The summed E-state index contributed by atoms with van der Waals surface area (Å²) in [5.41, 5.74) is 6.15. The second kappa shape index (κ2) is 4.96. The molecule has 0 aromatic heterocycles. The van der Waals surface area contributed by atoms with Crippen molar-refractivity contribution in [2.45, 2.75) is 23.0 Å². The first-order chi connectivity index (χ1) is 8.01.